The van der Waals surface area contributed by atoms with Crippen LogP contribution in [0.3, 0.4) is 0 Å². The molecule has 0 amide bonds. The lowest BCUT2D eigenvalue weighted by molar-refractivity contribution is 0.670. The second-order valence-electron chi connectivity index (χ2n) is 13.6. The van der Waals surface area contributed by atoms with E-state index in [1.54, 1.807) is 0 Å². The molecule has 3 nitrogen and oxygen atoms in total. The molecule has 0 spiro atoms. The van der Waals surface area contributed by atoms with Gasteiger partial charge in [0.25, 0.3) is 0 Å². The van der Waals surface area contributed by atoms with Gasteiger partial charge in [0.05, 0.1) is 33.1 Å². The van der Waals surface area contributed by atoms with Crippen LogP contribution in [0.4, 0.5) is 0 Å². The van der Waals surface area contributed by atoms with Crippen LogP contribution >= 0.6 is 11.3 Å². The minimum atomic E-state index is 0.882. The van der Waals surface area contributed by atoms with Crippen molar-refractivity contribution in [1.29, 1.82) is 0 Å². The Labute approximate surface area is 301 Å². The molecule has 0 atom stereocenters. The van der Waals surface area contributed by atoms with Crippen molar-refractivity contribution in [2.75, 3.05) is 0 Å². The molecule has 4 heterocycles. The Hall–Kier alpha value is -6.62. The van der Waals surface area contributed by atoms with Crippen LogP contribution in [0.15, 0.2) is 174 Å². The summed E-state index contributed by atoms with van der Waals surface area (Å²) in [5, 5.41) is 9.79. The van der Waals surface area contributed by atoms with Gasteiger partial charge < -0.3 is 13.6 Å². The summed E-state index contributed by atoms with van der Waals surface area (Å²) >= 11 is 1.85. The molecule has 0 fully saturated rings. The van der Waals surface area contributed by atoms with Gasteiger partial charge in [-0.25, -0.2) is 0 Å². The fourth-order valence-corrected chi connectivity index (χ4v) is 9.97. The van der Waals surface area contributed by atoms with E-state index < -0.39 is 0 Å². The first-order valence-electron chi connectivity index (χ1n) is 17.7. The first kappa shape index (κ1) is 28.1. The zero-order chi connectivity index (χ0) is 33.9. The molecule has 4 heteroatoms. The second kappa shape index (κ2) is 10.5. The highest BCUT2D eigenvalue weighted by Crippen LogP contribution is 2.46. The fraction of sp³-hybridized carbons (Fsp3) is 0. The van der Waals surface area contributed by atoms with Gasteiger partial charge >= 0.3 is 0 Å². The molecule has 0 N–H and O–H groups in total. The minimum absolute atomic E-state index is 0.882. The number of benzene rings is 8. The standard InChI is InChI=1S/C48H28N2OS/c1-2-13-29(14-3-1)49-37-21-7-4-15-30(37)32-27-28-40-46(47(32)49)34-16-5-8-22-38(34)50(40)39-23-12-24-41-45(39)36-20-10-19-33(48(36)51-41)31-18-11-26-43-44(31)35-17-6-9-25-42(35)52-43/h1-28H. The van der Waals surface area contributed by atoms with Crippen LogP contribution in [-0.4, -0.2) is 9.13 Å². The summed E-state index contributed by atoms with van der Waals surface area (Å²) < 4.78 is 14.4. The largest absolute Gasteiger partial charge is 0.455 e. The Bertz CT molecular complexity index is 3410. The third-order valence-corrected chi connectivity index (χ3v) is 12.1. The monoisotopic (exact) mass is 680 g/mol. The van der Waals surface area contributed by atoms with E-state index in [1.807, 2.05) is 11.3 Å². The number of nitrogens with zero attached hydrogens (tertiary/aromatic N) is 2. The quantitative estimate of drug-likeness (QED) is 0.182. The smallest absolute Gasteiger partial charge is 0.143 e. The topological polar surface area (TPSA) is 23.0 Å². The van der Waals surface area contributed by atoms with Crippen LogP contribution in [0.1, 0.15) is 0 Å². The molecule has 0 radical (unpaired) electrons. The van der Waals surface area contributed by atoms with Crippen molar-refractivity contribution in [3.8, 4) is 22.5 Å². The zero-order valence-corrected chi connectivity index (χ0v) is 28.7. The molecule has 242 valence electrons. The predicted octanol–water partition coefficient (Wildman–Crippen LogP) is 13.8. The molecule has 0 saturated heterocycles. The van der Waals surface area contributed by atoms with E-state index in [4.69, 9.17) is 4.42 Å². The maximum absolute atomic E-state index is 6.91. The summed E-state index contributed by atoms with van der Waals surface area (Å²) in [5.74, 6) is 0. The van der Waals surface area contributed by atoms with Gasteiger partial charge in [0.2, 0.25) is 0 Å². The van der Waals surface area contributed by atoms with Crippen molar-refractivity contribution in [1.82, 2.24) is 9.13 Å². The summed E-state index contributed by atoms with van der Waals surface area (Å²) in [6, 6.07) is 61.5. The average molecular weight is 681 g/mol. The molecule has 0 unspecified atom stereocenters. The van der Waals surface area contributed by atoms with Crippen LogP contribution < -0.4 is 0 Å². The molecule has 12 aromatic rings. The van der Waals surface area contributed by atoms with Gasteiger partial charge in [0.15, 0.2) is 0 Å². The normalized spacial score (nSPS) is 12.2. The van der Waals surface area contributed by atoms with E-state index in [0.717, 1.165) is 38.9 Å². The van der Waals surface area contributed by atoms with Gasteiger partial charge in [-0.15, -0.1) is 11.3 Å². The number of thiophene rings is 1. The Balaban J connectivity index is 1.20. The van der Waals surface area contributed by atoms with E-state index in [2.05, 4.69) is 179 Å². The number of hydrogen-bond acceptors (Lipinski definition) is 2. The predicted molar refractivity (Wildman–Crippen MR) is 221 cm³/mol. The fourth-order valence-electron chi connectivity index (χ4n) is 8.84. The van der Waals surface area contributed by atoms with Crippen molar-refractivity contribution in [3.05, 3.63) is 170 Å². The van der Waals surface area contributed by atoms with E-state index >= 15 is 0 Å². The van der Waals surface area contributed by atoms with Gasteiger partial charge in [-0.05, 0) is 60.2 Å². The summed E-state index contributed by atoms with van der Waals surface area (Å²) in [6.45, 7) is 0. The summed E-state index contributed by atoms with van der Waals surface area (Å²) in [6.07, 6.45) is 0. The van der Waals surface area contributed by atoms with Gasteiger partial charge in [0.1, 0.15) is 11.2 Å². The molecule has 12 rings (SSSR count). The van der Waals surface area contributed by atoms with Crippen LogP contribution in [0.2, 0.25) is 0 Å². The lowest BCUT2D eigenvalue weighted by Gasteiger charge is -2.11. The number of fused-ring (bicyclic) bond motifs is 13. The van der Waals surface area contributed by atoms with Crippen molar-refractivity contribution >= 4 is 97.1 Å². The Morgan fingerprint density at radius 2 is 1.06 bits per heavy atom. The highest BCUT2D eigenvalue weighted by Gasteiger charge is 2.23. The summed E-state index contributed by atoms with van der Waals surface area (Å²) in [7, 11) is 0. The molecule has 52 heavy (non-hydrogen) atoms. The molecule has 8 aromatic carbocycles. The molecule has 4 aromatic heterocycles. The summed E-state index contributed by atoms with van der Waals surface area (Å²) in [5.41, 5.74) is 11.2. The van der Waals surface area contributed by atoms with Crippen LogP contribution in [0.25, 0.3) is 108 Å². The third-order valence-electron chi connectivity index (χ3n) is 10.9. The van der Waals surface area contributed by atoms with Gasteiger partial charge in [0, 0.05) is 58.4 Å². The van der Waals surface area contributed by atoms with E-state index in [1.165, 1.54) is 69.3 Å². The van der Waals surface area contributed by atoms with Gasteiger partial charge in [-0.1, -0.05) is 115 Å². The zero-order valence-electron chi connectivity index (χ0n) is 27.9. The second-order valence-corrected chi connectivity index (χ2v) is 14.7. The van der Waals surface area contributed by atoms with Crippen molar-refractivity contribution in [2.24, 2.45) is 0 Å². The molecule has 0 aliphatic heterocycles. The average Bonchev–Trinajstić information content (AvgIpc) is 3.95. The molecular formula is C48H28N2OS. The SMILES string of the molecule is c1ccc(-n2c3ccccc3c3ccc4c(c5ccccc5n4-c4cccc5oc6c(-c7cccc8sc9ccccc9c78)cccc6c45)c32)cc1. The van der Waals surface area contributed by atoms with E-state index in [0.29, 0.717) is 0 Å². The Morgan fingerprint density at radius 1 is 0.385 bits per heavy atom. The van der Waals surface area contributed by atoms with Gasteiger partial charge in [-0.3, -0.25) is 0 Å². The lowest BCUT2D eigenvalue weighted by Crippen LogP contribution is -1.95. The van der Waals surface area contributed by atoms with E-state index in [9.17, 15) is 0 Å². The maximum atomic E-state index is 6.91. The van der Waals surface area contributed by atoms with E-state index in [-0.39, 0.29) is 0 Å². The van der Waals surface area contributed by atoms with Crippen molar-refractivity contribution < 1.29 is 4.42 Å². The highest BCUT2D eigenvalue weighted by molar-refractivity contribution is 7.25. The van der Waals surface area contributed by atoms with Crippen molar-refractivity contribution in [2.45, 2.75) is 0 Å². The number of aromatic nitrogens is 2. The van der Waals surface area contributed by atoms with Gasteiger partial charge in [-0.2, -0.15) is 0 Å². The molecular weight excluding hydrogens is 653 g/mol. The molecule has 0 saturated carbocycles. The number of furan rings is 1. The highest BCUT2D eigenvalue weighted by atomic mass is 32.1. The minimum Gasteiger partial charge on any atom is -0.455 e. The number of hydrogen-bond donors (Lipinski definition) is 0. The third kappa shape index (κ3) is 3.69. The van der Waals surface area contributed by atoms with Crippen molar-refractivity contribution in [3.63, 3.8) is 0 Å². The van der Waals surface area contributed by atoms with Crippen LogP contribution in [0, 0.1) is 0 Å². The van der Waals surface area contributed by atoms with Crippen LogP contribution in [-0.2, 0) is 0 Å². The first-order valence-corrected chi connectivity index (χ1v) is 18.5. The molecule has 0 bridgehead atoms. The Kier molecular flexibility index (Phi) is 5.65. The number of para-hydroxylation sites is 4. The molecule has 0 aliphatic carbocycles. The maximum Gasteiger partial charge on any atom is 0.143 e. The first-order chi connectivity index (χ1) is 25.8. The molecule has 0 aliphatic rings. The number of rotatable bonds is 3. The van der Waals surface area contributed by atoms with Crippen LogP contribution in [0.5, 0.6) is 0 Å². The lowest BCUT2D eigenvalue weighted by atomic mass is 9.97. The Morgan fingerprint density at radius 3 is 1.94 bits per heavy atom. The summed E-state index contributed by atoms with van der Waals surface area (Å²) in [4.78, 5) is 0.